The summed E-state index contributed by atoms with van der Waals surface area (Å²) in [5.74, 6) is -1.96. The highest BCUT2D eigenvalue weighted by molar-refractivity contribution is 5.97. The third kappa shape index (κ3) is 5.97. The first-order chi connectivity index (χ1) is 13.4. The number of hydrazine groups is 1. The first-order valence-electron chi connectivity index (χ1n) is 8.46. The Morgan fingerprint density at radius 3 is 2.54 bits per heavy atom. The van der Waals surface area contributed by atoms with Gasteiger partial charge in [0.2, 0.25) is 0 Å². The molecule has 0 aliphatic carbocycles. The van der Waals surface area contributed by atoms with E-state index in [-0.39, 0.29) is 17.9 Å². The van der Waals surface area contributed by atoms with Gasteiger partial charge in [0.25, 0.3) is 11.8 Å². The molecule has 2 aromatic carbocycles. The highest BCUT2D eigenvalue weighted by Gasteiger charge is 2.17. The van der Waals surface area contributed by atoms with Gasteiger partial charge in [0.15, 0.2) is 17.7 Å². The van der Waals surface area contributed by atoms with Crippen LogP contribution in [0.25, 0.3) is 0 Å². The molecule has 0 saturated carbocycles. The molecular formula is C19H20FN3O5. The average molecular weight is 389 g/mol. The van der Waals surface area contributed by atoms with Crippen molar-refractivity contribution in [1.29, 1.82) is 0 Å². The van der Waals surface area contributed by atoms with Crippen molar-refractivity contribution >= 4 is 23.6 Å². The van der Waals surface area contributed by atoms with Crippen LogP contribution in [0.3, 0.4) is 0 Å². The van der Waals surface area contributed by atoms with Gasteiger partial charge in [-0.25, -0.2) is 9.18 Å². The standard InChI is InChI=1S/C19H20FN3O5/c1-3-27-19(26)21-14-8-6-7-13(11-14)18(25)23-22-17(24)12(2)28-16-10-5-4-9-15(16)20/h4-12H,3H2,1-2H3,(H,21,26)(H,22,24)(H,23,25)/t12-/m0/s1. The molecule has 0 aliphatic heterocycles. The Morgan fingerprint density at radius 2 is 1.82 bits per heavy atom. The van der Waals surface area contributed by atoms with Crippen molar-refractivity contribution in [1.82, 2.24) is 10.9 Å². The van der Waals surface area contributed by atoms with Gasteiger partial charge in [-0.15, -0.1) is 0 Å². The normalized spacial score (nSPS) is 11.1. The summed E-state index contributed by atoms with van der Waals surface area (Å²) < 4.78 is 23.6. The lowest BCUT2D eigenvalue weighted by atomic mass is 10.2. The van der Waals surface area contributed by atoms with E-state index in [0.29, 0.717) is 5.69 Å². The van der Waals surface area contributed by atoms with Gasteiger partial charge in [-0.3, -0.25) is 25.8 Å². The van der Waals surface area contributed by atoms with Crippen molar-refractivity contribution in [2.24, 2.45) is 0 Å². The lowest BCUT2D eigenvalue weighted by molar-refractivity contribution is -0.128. The predicted octanol–water partition coefficient (Wildman–Crippen LogP) is 2.62. The summed E-state index contributed by atoms with van der Waals surface area (Å²) in [6.45, 7) is 3.30. The van der Waals surface area contributed by atoms with Crippen molar-refractivity contribution in [2.45, 2.75) is 20.0 Å². The molecule has 3 N–H and O–H groups in total. The number of carbonyl (C=O) groups excluding carboxylic acids is 3. The summed E-state index contributed by atoms with van der Waals surface area (Å²) in [6.07, 6.45) is -1.69. The first kappa shape index (κ1) is 20.7. The Hall–Kier alpha value is -3.62. The average Bonchev–Trinajstić information content (AvgIpc) is 2.68. The Balaban J connectivity index is 1.89. The molecule has 0 spiro atoms. The van der Waals surface area contributed by atoms with E-state index in [0.717, 1.165) is 0 Å². The van der Waals surface area contributed by atoms with Crippen LogP contribution in [-0.4, -0.2) is 30.6 Å². The van der Waals surface area contributed by atoms with Crippen molar-refractivity contribution in [3.05, 3.63) is 59.9 Å². The number of nitrogens with one attached hydrogen (secondary N) is 3. The van der Waals surface area contributed by atoms with Crippen LogP contribution in [0.1, 0.15) is 24.2 Å². The zero-order valence-corrected chi connectivity index (χ0v) is 15.3. The van der Waals surface area contributed by atoms with E-state index >= 15 is 0 Å². The molecule has 0 unspecified atom stereocenters. The molecule has 0 bridgehead atoms. The van der Waals surface area contributed by atoms with Crippen molar-refractivity contribution in [2.75, 3.05) is 11.9 Å². The zero-order chi connectivity index (χ0) is 20.5. The van der Waals surface area contributed by atoms with Crippen LogP contribution >= 0.6 is 0 Å². The molecule has 1 atom stereocenters. The van der Waals surface area contributed by atoms with Gasteiger partial charge >= 0.3 is 6.09 Å². The Morgan fingerprint density at radius 1 is 1.07 bits per heavy atom. The third-order valence-corrected chi connectivity index (χ3v) is 3.46. The highest BCUT2D eigenvalue weighted by Crippen LogP contribution is 2.17. The van der Waals surface area contributed by atoms with E-state index < -0.39 is 29.8 Å². The van der Waals surface area contributed by atoms with Gasteiger partial charge in [0.1, 0.15) is 0 Å². The van der Waals surface area contributed by atoms with E-state index in [1.165, 1.54) is 37.3 Å². The molecule has 0 radical (unpaired) electrons. The summed E-state index contributed by atoms with van der Waals surface area (Å²) in [7, 11) is 0. The van der Waals surface area contributed by atoms with E-state index in [4.69, 9.17) is 9.47 Å². The lowest BCUT2D eigenvalue weighted by Crippen LogP contribution is -2.47. The quantitative estimate of drug-likeness (QED) is 0.659. The number of halogens is 1. The second-order valence-electron chi connectivity index (χ2n) is 5.56. The number of amides is 3. The zero-order valence-electron chi connectivity index (χ0n) is 15.3. The van der Waals surface area contributed by atoms with Crippen LogP contribution in [0.2, 0.25) is 0 Å². The molecule has 9 heteroatoms. The fraction of sp³-hybridized carbons (Fsp3) is 0.211. The maximum atomic E-state index is 13.6. The van der Waals surface area contributed by atoms with Crippen molar-refractivity contribution in [3.63, 3.8) is 0 Å². The molecule has 0 aliphatic rings. The van der Waals surface area contributed by atoms with E-state index in [1.54, 1.807) is 25.1 Å². The fourth-order valence-electron chi connectivity index (χ4n) is 2.10. The number of benzene rings is 2. The molecule has 0 fully saturated rings. The number of anilines is 1. The van der Waals surface area contributed by atoms with Gasteiger partial charge in [0, 0.05) is 11.3 Å². The first-order valence-corrected chi connectivity index (χ1v) is 8.46. The van der Waals surface area contributed by atoms with E-state index in [2.05, 4.69) is 16.2 Å². The lowest BCUT2D eigenvalue weighted by Gasteiger charge is -2.15. The van der Waals surface area contributed by atoms with Crippen molar-refractivity contribution in [3.8, 4) is 5.75 Å². The number of ether oxygens (including phenoxy) is 2. The summed E-state index contributed by atoms with van der Waals surface area (Å²) in [5, 5.41) is 2.47. The van der Waals surface area contributed by atoms with Crippen LogP contribution in [-0.2, 0) is 9.53 Å². The minimum atomic E-state index is -1.05. The number of hydrogen-bond donors (Lipinski definition) is 3. The highest BCUT2D eigenvalue weighted by atomic mass is 19.1. The minimum absolute atomic E-state index is 0.0748. The molecule has 8 nitrogen and oxygen atoms in total. The molecule has 28 heavy (non-hydrogen) atoms. The molecular weight excluding hydrogens is 369 g/mol. The molecule has 0 heterocycles. The molecule has 0 aromatic heterocycles. The van der Waals surface area contributed by atoms with Crippen LogP contribution in [0.5, 0.6) is 5.75 Å². The van der Waals surface area contributed by atoms with Crippen molar-refractivity contribution < 1.29 is 28.2 Å². The van der Waals surface area contributed by atoms with Crippen LogP contribution in [0.15, 0.2) is 48.5 Å². The van der Waals surface area contributed by atoms with Gasteiger partial charge in [0.05, 0.1) is 6.61 Å². The second-order valence-corrected chi connectivity index (χ2v) is 5.56. The number of carbonyl (C=O) groups is 3. The molecule has 148 valence electrons. The summed E-state index contributed by atoms with van der Waals surface area (Å²) in [5.41, 5.74) is 4.98. The van der Waals surface area contributed by atoms with Gasteiger partial charge < -0.3 is 9.47 Å². The topological polar surface area (TPSA) is 106 Å². The van der Waals surface area contributed by atoms with Crippen LogP contribution in [0.4, 0.5) is 14.9 Å². The van der Waals surface area contributed by atoms with Gasteiger partial charge in [-0.05, 0) is 44.2 Å². The smallest absolute Gasteiger partial charge is 0.411 e. The van der Waals surface area contributed by atoms with Gasteiger partial charge in [-0.2, -0.15) is 0 Å². The maximum absolute atomic E-state index is 13.6. The van der Waals surface area contributed by atoms with E-state index in [1.807, 2.05) is 0 Å². The van der Waals surface area contributed by atoms with Crippen LogP contribution in [0, 0.1) is 5.82 Å². The van der Waals surface area contributed by atoms with Gasteiger partial charge in [-0.1, -0.05) is 18.2 Å². The Kier molecular flexibility index (Phi) is 7.32. The Labute approximate surface area is 161 Å². The number of rotatable bonds is 6. The molecule has 2 rings (SSSR count). The minimum Gasteiger partial charge on any atom is -0.478 e. The predicted molar refractivity (Wildman–Crippen MR) is 99.2 cm³/mol. The summed E-state index contributed by atoms with van der Waals surface area (Å²) in [4.78, 5) is 35.6. The largest absolute Gasteiger partial charge is 0.478 e. The third-order valence-electron chi connectivity index (χ3n) is 3.46. The van der Waals surface area contributed by atoms with E-state index in [9.17, 15) is 18.8 Å². The summed E-state index contributed by atoms with van der Waals surface area (Å²) in [6, 6.07) is 11.7. The summed E-state index contributed by atoms with van der Waals surface area (Å²) >= 11 is 0. The molecule has 0 saturated heterocycles. The SMILES string of the molecule is CCOC(=O)Nc1cccc(C(=O)NNC(=O)[C@H](C)Oc2ccccc2F)c1. The maximum Gasteiger partial charge on any atom is 0.411 e. The molecule has 3 amide bonds. The molecule has 2 aromatic rings. The number of para-hydroxylation sites is 1. The monoisotopic (exact) mass is 389 g/mol. The Bertz CT molecular complexity index is 859. The fourth-order valence-corrected chi connectivity index (χ4v) is 2.10. The second kappa shape index (κ2) is 9.91. The number of hydrogen-bond acceptors (Lipinski definition) is 5. The van der Waals surface area contributed by atoms with Crippen LogP contribution < -0.4 is 20.9 Å².